The molecule has 1 saturated heterocycles. The zero-order valence-corrected chi connectivity index (χ0v) is 15.5. The molecule has 3 heterocycles. The first-order valence-corrected chi connectivity index (χ1v) is 9.67. The maximum absolute atomic E-state index is 12.7. The summed E-state index contributed by atoms with van der Waals surface area (Å²) >= 11 is 0. The van der Waals surface area contributed by atoms with Crippen LogP contribution in [0.2, 0.25) is 0 Å². The van der Waals surface area contributed by atoms with Gasteiger partial charge >= 0.3 is 6.18 Å². The Hall–Kier alpha value is -2.21. The Labute approximate surface area is 154 Å². The summed E-state index contributed by atoms with van der Waals surface area (Å²) in [5.41, 5.74) is -1.02. The summed E-state index contributed by atoms with van der Waals surface area (Å²) in [6.07, 6.45) is -1.34. The van der Waals surface area contributed by atoms with Crippen LogP contribution in [0.5, 0.6) is 0 Å². The van der Waals surface area contributed by atoms with Crippen LogP contribution in [0.15, 0.2) is 23.6 Å². The van der Waals surface area contributed by atoms with Crippen molar-refractivity contribution in [1.82, 2.24) is 23.8 Å². The molecule has 0 radical (unpaired) electrons. The number of hydrogen-bond acceptors (Lipinski definition) is 6. The summed E-state index contributed by atoms with van der Waals surface area (Å²) in [6, 6.07) is 0.665. The summed E-state index contributed by atoms with van der Waals surface area (Å²) in [5.74, 6) is 0.661. The molecule has 27 heavy (non-hydrogen) atoms. The predicted molar refractivity (Wildman–Crippen MR) is 90.4 cm³/mol. The SMILES string of the molecule is Cc1nc(S(=O)(=O)N2CCC(Nc3cc(C(F)(F)F)ncn3)CC2)cn1C. The highest BCUT2D eigenvalue weighted by Crippen LogP contribution is 2.29. The third-order valence-corrected chi connectivity index (χ3v) is 6.22. The molecule has 148 valence electrons. The van der Waals surface area contributed by atoms with Gasteiger partial charge in [-0.15, -0.1) is 0 Å². The lowest BCUT2D eigenvalue weighted by molar-refractivity contribution is -0.141. The number of sulfonamides is 1. The lowest BCUT2D eigenvalue weighted by atomic mass is 10.1. The molecule has 1 fully saturated rings. The largest absolute Gasteiger partial charge is 0.433 e. The fraction of sp³-hybridized carbons (Fsp3) is 0.533. The Kier molecular flexibility index (Phi) is 5.12. The molecule has 8 nitrogen and oxygen atoms in total. The Balaban J connectivity index is 1.64. The smallest absolute Gasteiger partial charge is 0.367 e. The number of nitrogens with zero attached hydrogens (tertiary/aromatic N) is 5. The van der Waals surface area contributed by atoms with Crippen LogP contribution in [0.4, 0.5) is 19.0 Å². The van der Waals surface area contributed by atoms with Crippen molar-refractivity contribution >= 4 is 15.8 Å². The highest BCUT2D eigenvalue weighted by atomic mass is 32.2. The average Bonchev–Trinajstić information content (AvgIpc) is 2.95. The van der Waals surface area contributed by atoms with E-state index in [-0.39, 0.29) is 30.0 Å². The van der Waals surface area contributed by atoms with Crippen LogP contribution in [0.3, 0.4) is 0 Å². The summed E-state index contributed by atoms with van der Waals surface area (Å²) in [5, 5.41) is 2.93. The number of anilines is 1. The molecule has 2 aromatic heterocycles. The molecule has 0 bridgehead atoms. The minimum atomic E-state index is -4.54. The number of hydrogen-bond donors (Lipinski definition) is 1. The topological polar surface area (TPSA) is 93.0 Å². The zero-order chi connectivity index (χ0) is 19.8. The number of aryl methyl sites for hydroxylation is 2. The summed E-state index contributed by atoms with van der Waals surface area (Å²) in [4.78, 5) is 11.1. The normalized spacial score (nSPS) is 17.2. The van der Waals surface area contributed by atoms with Gasteiger partial charge in [0, 0.05) is 38.4 Å². The van der Waals surface area contributed by atoms with Crippen LogP contribution < -0.4 is 5.32 Å². The van der Waals surface area contributed by atoms with Crippen LogP contribution in [0.1, 0.15) is 24.4 Å². The van der Waals surface area contributed by atoms with E-state index in [0.717, 1.165) is 12.4 Å². The Bertz CT molecular complexity index is 900. The molecular weight excluding hydrogens is 385 g/mol. The molecule has 0 aliphatic carbocycles. The molecule has 1 N–H and O–H groups in total. The Morgan fingerprint density at radius 2 is 1.89 bits per heavy atom. The van der Waals surface area contributed by atoms with Crippen molar-refractivity contribution in [2.75, 3.05) is 18.4 Å². The van der Waals surface area contributed by atoms with Crippen molar-refractivity contribution in [2.45, 2.75) is 37.0 Å². The predicted octanol–water partition coefficient (Wildman–Crippen LogP) is 1.80. The number of halogens is 3. The molecule has 2 aromatic rings. The van der Waals surface area contributed by atoms with Crippen LogP contribution >= 0.6 is 0 Å². The highest BCUT2D eigenvalue weighted by molar-refractivity contribution is 7.89. The van der Waals surface area contributed by atoms with Gasteiger partial charge in [-0.2, -0.15) is 17.5 Å². The van der Waals surface area contributed by atoms with Gasteiger partial charge in [-0.3, -0.25) is 0 Å². The van der Waals surface area contributed by atoms with Gasteiger partial charge in [0.25, 0.3) is 10.0 Å². The molecule has 3 rings (SSSR count). The lowest BCUT2D eigenvalue weighted by Crippen LogP contribution is -2.42. The second kappa shape index (κ2) is 7.08. The highest BCUT2D eigenvalue weighted by Gasteiger charge is 2.34. The lowest BCUT2D eigenvalue weighted by Gasteiger charge is -2.31. The zero-order valence-electron chi connectivity index (χ0n) is 14.7. The fourth-order valence-electron chi connectivity index (χ4n) is 2.82. The Morgan fingerprint density at radius 1 is 1.22 bits per heavy atom. The molecule has 0 spiro atoms. The van der Waals surface area contributed by atoms with Crippen LogP contribution in [0.25, 0.3) is 0 Å². The number of piperidine rings is 1. The summed E-state index contributed by atoms with van der Waals surface area (Å²) in [6.45, 7) is 2.20. The quantitative estimate of drug-likeness (QED) is 0.835. The van der Waals surface area contributed by atoms with Crippen LogP contribution in [0, 0.1) is 6.92 Å². The van der Waals surface area contributed by atoms with Gasteiger partial charge in [0.05, 0.1) is 0 Å². The molecule has 0 saturated carbocycles. The number of nitrogens with one attached hydrogen (secondary N) is 1. The number of rotatable bonds is 4. The van der Waals surface area contributed by atoms with Crippen molar-refractivity contribution < 1.29 is 21.6 Å². The second-order valence-electron chi connectivity index (χ2n) is 6.35. The Morgan fingerprint density at radius 3 is 2.44 bits per heavy atom. The van der Waals surface area contributed by atoms with E-state index in [9.17, 15) is 21.6 Å². The first-order chi connectivity index (χ1) is 12.6. The van der Waals surface area contributed by atoms with Gasteiger partial charge in [0.15, 0.2) is 5.03 Å². The van der Waals surface area contributed by atoms with E-state index >= 15 is 0 Å². The van der Waals surface area contributed by atoms with Crippen LogP contribution in [-0.4, -0.2) is 51.4 Å². The van der Waals surface area contributed by atoms with Gasteiger partial charge in [0.1, 0.15) is 23.7 Å². The van der Waals surface area contributed by atoms with Gasteiger partial charge in [-0.1, -0.05) is 0 Å². The molecule has 1 aliphatic rings. The summed E-state index contributed by atoms with van der Waals surface area (Å²) in [7, 11) is -1.97. The standard InChI is InChI=1S/C15H19F3N6O2S/c1-10-21-14(8-23(10)2)27(25,26)24-5-3-11(4-6-24)22-13-7-12(15(16,17)18)19-9-20-13/h7-9,11H,3-6H2,1-2H3,(H,19,20,22). The fourth-order valence-corrected chi connectivity index (χ4v) is 4.32. The van der Waals surface area contributed by atoms with Crippen molar-refractivity contribution in [3.63, 3.8) is 0 Å². The number of alkyl halides is 3. The number of aromatic nitrogens is 4. The third kappa shape index (κ3) is 4.21. The van der Waals surface area contributed by atoms with E-state index in [4.69, 9.17) is 0 Å². The van der Waals surface area contributed by atoms with E-state index in [1.165, 1.54) is 10.5 Å². The monoisotopic (exact) mass is 404 g/mol. The van der Waals surface area contributed by atoms with Gasteiger partial charge in [0.2, 0.25) is 0 Å². The molecule has 12 heteroatoms. The first kappa shape index (κ1) is 19.5. The molecule has 0 atom stereocenters. The molecule has 0 aromatic carbocycles. The summed E-state index contributed by atoms with van der Waals surface area (Å²) < 4.78 is 66.5. The maximum Gasteiger partial charge on any atom is 0.433 e. The minimum absolute atomic E-state index is 0.000436. The van der Waals surface area contributed by atoms with E-state index < -0.39 is 21.9 Å². The van der Waals surface area contributed by atoms with Gasteiger partial charge in [-0.25, -0.2) is 23.4 Å². The van der Waals surface area contributed by atoms with Crippen LogP contribution in [-0.2, 0) is 23.2 Å². The van der Waals surface area contributed by atoms with Crippen molar-refractivity contribution in [3.8, 4) is 0 Å². The molecular formula is C15H19F3N6O2S. The van der Waals surface area contributed by atoms with Crippen molar-refractivity contribution in [1.29, 1.82) is 0 Å². The van der Waals surface area contributed by atoms with E-state index in [0.29, 0.717) is 18.7 Å². The first-order valence-electron chi connectivity index (χ1n) is 8.23. The van der Waals surface area contributed by atoms with Gasteiger partial charge in [-0.05, 0) is 19.8 Å². The molecule has 0 unspecified atom stereocenters. The number of imidazole rings is 1. The van der Waals surface area contributed by atoms with Gasteiger partial charge < -0.3 is 9.88 Å². The van der Waals surface area contributed by atoms with E-state index in [1.807, 2.05) is 0 Å². The average molecular weight is 404 g/mol. The third-order valence-electron chi connectivity index (χ3n) is 4.45. The molecule has 1 aliphatic heterocycles. The second-order valence-corrected chi connectivity index (χ2v) is 8.23. The molecule has 0 amide bonds. The van der Waals surface area contributed by atoms with Crippen molar-refractivity contribution in [3.05, 3.63) is 30.1 Å². The van der Waals surface area contributed by atoms with Crippen molar-refractivity contribution in [2.24, 2.45) is 7.05 Å². The minimum Gasteiger partial charge on any atom is -0.367 e. The maximum atomic E-state index is 12.7. The van der Waals surface area contributed by atoms with E-state index in [2.05, 4.69) is 20.3 Å². The van der Waals surface area contributed by atoms with E-state index in [1.54, 1.807) is 18.5 Å².